The van der Waals surface area contributed by atoms with Gasteiger partial charge in [0.15, 0.2) is 5.54 Å². The predicted octanol–water partition coefficient (Wildman–Crippen LogP) is 6.90. The molecule has 4 heteroatoms. The van der Waals surface area contributed by atoms with Crippen molar-refractivity contribution < 1.29 is 9.53 Å². The molecule has 6 rings (SSSR count). The van der Waals surface area contributed by atoms with E-state index in [9.17, 15) is 4.79 Å². The van der Waals surface area contributed by atoms with E-state index in [4.69, 9.17) is 9.73 Å². The van der Waals surface area contributed by atoms with E-state index >= 15 is 0 Å². The van der Waals surface area contributed by atoms with Crippen LogP contribution in [-0.2, 0) is 16.0 Å². The zero-order valence-corrected chi connectivity index (χ0v) is 20.9. The maximum atomic E-state index is 14.2. The van der Waals surface area contributed by atoms with Crippen LogP contribution in [0.3, 0.4) is 0 Å². The van der Waals surface area contributed by atoms with E-state index < -0.39 is 5.54 Å². The summed E-state index contributed by atoms with van der Waals surface area (Å²) in [6, 6.07) is 36.5. The second kappa shape index (κ2) is 9.21. The zero-order chi connectivity index (χ0) is 25.4. The Bertz CT molecular complexity index is 1620. The molecule has 0 amide bonds. The fraction of sp³-hybridized carbons (Fsp3) is 0.152. The van der Waals surface area contributed by atoms with Crippen LogP contribution in [-0.4, -0.2) is 22.4 Å². The standard InChI is InChI=1S/C33H28N2O2/c1-22-12-11-17-26(20-22)30(29-23(2)34-28-19-10-9-18-27(28)29)33(21-24-13-5-3-6-14-24)32(36)37-31(35-33)25-15-7-4-8-16-25/h3-20,30,34H,21H2,1-2H3/t30-,33+/m1/s1. The molecule has 1 aliphatic heterocycles. The first-order valence-corrected chi connectivity index (χ1v) is 12.6. The largest absolute Gasteiger partial charge is 0.405 e. The van der Waals surface area contributed by atoms with Crippen molar-refractivity contribution in [2.45, 2.75) is 31.7 Å². The number of carbonyl (C=O) groups excluding carboxylic acids is 1. The molecule has 0 spiro atoms. The molecule has 1 N–H and O–H groups in total. The smallest absolute Gasteiger partial charge is 0.342 e. The van der Waals surface area contributed by atoms with Gasteiger partial charge in [0, 0.05) is 34.5 Å². The Morgan fingerprint density at radius 2 is 1.54 bits per heavy atom. The molecule has 2 heterocycles. The first-order chi connectivity index (χ1) is 18.0. The molecule has 2 atom stereocenters. The lowest BCUT2D eigenvalue weighted by Crippen LogP contribution is -2.43. The van der Waals surface area contributed by atoms with Gasteiger partial charge in [-0.15, -0.1) is 0 Å². The molecule has 1 aromatic heterocycles. The summed E-state index contributed by atoms with van der Waals surface area (Å²) in [6.07, 6.45) is 0.417. The van der Waals surface area contributed by atoms with Gasteiger partial charge in [-0.1, -0.05) is 96.6 Å². The molecule has 0 aliphatic carbocycles. The van der Waals surface area contributed by atoms with E-state index in [2.05, 4.69) is 67.4 Å². The lowest BCUT2D eigenvalue weighted by Gasteiger charge is -2.33. The maximum Gasteiger partial charge on any atom is 0.342 e. The minimum absolute atomic E-state index is 0.327. The molecule has 0 radical (unpaired) electrons. The molecular formula is C33H28N2O2. The highest BCUT2D eigenvalue weighted by Crippen LogP contribution is 2.47. The molecule has 0 saturated heterocycles. The van der Waals surface area contributed by atoms with Crippen LogP contribution in [0.2, 0.25) is 0 Å². The summed E-state index contributed by atoms with van der Waals surface area (Å²) in [7, 11) is 0. The highest BCUT2D eigenvalue weighted by atomic mass is 16.6. The summed E-state index contributed by atoms with van der Waals surface area (Å²) >= 11 is 0. The number of esters is 1. The van der Waals surface area contributed by atoms with Gasteiger partial charge in [-0.05, 0) is 48.7 Å². The normalized spacial score (nSPS) is 18.0. The van der Waals surface area contributed by atoms with Crippen molar-refractivity contribution in [2.75, 3.05) is 0 Å². The number of para-hydroxylation sites is 1. The van der Waals surface area contributed by atoms with Crippen LogP contribution in [0.25, 0.3) is 10.9 Å². The lowest BCUT2D eigenvalue weighted by molar-refractivity contribution is -0.139. The number of aromatic nitrogens is 1. The lowest BCUT2D eigenvalue weighted by atomic mass is 9.71. The summed E-state index contributed by atoms with van der Waals surface area (Å²) in [4.78, 5) is 22.9. The Balaban J connectivity index is 1.66. The summed E-state index contributed by atoms with van der Waals surface area (Å²) in [5, 5.41) is 1.09. The minimum atomic E-state index is -1.18. The zero-order valence-electron chi connectivity index (χ0n) is 20.9. The van der Waals surface area contributed by atoms with Gasteiger partial charge in [0.1, 0.15) is 0 Å². The number of fused-ring (bicyclic) bond motifs is 1. The van der Waals surface area contributed by atoms with Gasteiger partial charge in [-0.25, -0.2) is 9.79 Å². The van der Waals surface area contributed by atoms with E-state index in [0.717, 1.165) is 44.4 Å². The second-order valence-corrected chi connectivity index (χ2v) is 9.82. The van der Waals surface area contributed by atoms with Crippen LogP contribution in [0.5, 0.6) is 0 Å². The van der Waals surface area contributed by atoms with Gasteiger partial charge in [-0.2, -0.15) is 0 Å². The van der Waals surface area contributed by atoms with Gasteiger partial charge < -0.3 is 9.72 Å². The Kier molecular flexibility index (Phi) is 5.72. The molecule has 0 unspecified atom stereocenters. The number of aromatic amines is 1. The van der Waals surface area contributed by atoms with E-state index in [1.54, 1.807) is 0 Å². The minimum Gasteiger partial charge on any atom is -0.405 e. The topological polar surface area (TPSA) is 54.4 Å². The fourth-order valence-corrected chi connectivity index (χ4v) is 5.63. The third-order valence-corrected chi connectivity index (χ3v) is 7.27. The van der Waals surface area contributed by atoms with Crippen LogP contribution < -0.4 is 0 Å². The fourth-order valence-electron chi connectivity index (χ4n) is 5.63. The molecule has 0 saturated carbocycles. The second-order valence-electron chi connectivity index (χ2n) is 9.82. The SMILES string of the molecule is Cc1cccc([C@H](c2c(C)[nH]c3ccccc23)[C@]2(Cc3ccccc3)N=C(c3ccccc3)OC2=O)c1. The number of ether oxygens (including phenoxy) is 1. The average Bonchev–Trinajstić information content (AvgIpc) is 3.42. The van der Waals surface area contributed by atoms with Crippen molar-refractivity contribution in [1.82, 2.24) is 4.98 Å². The van der Waals surface area contributed by atoms with Crippen molar-refractivity contribution in [1.29, 1.82) is 0 Å². The first-order valence-electron chi connectivity index (χ1n) is 12.6. The third-order valence-electron chi connectivity index (χ3n) is 7.27. The van der Waals surface area contributed by atoms with Gasteiger partial charge in [-0.3, -0.25) is 0 Å². The van der Waals surface area contributed by atoms with Gasteiger partial charge in [0.2, 0.25) is 5.90 Å². The van der Waals surface area contributed by atoms with Crippen LogP contribution in [0.4, 0.5) is 0 Å². The molecule has 1 aliphatic rings. The van der Waals surface area contributed by atoms with Crippen molar-refractivity contribution in [3.63, 3.8) is 0 Å². The van der Waals surface area contributed by atoms with Crippen molar-refractivity contribution in [3.8, 4) is 0 Å². The van der Waals surface area contributed by atoms with Crippen molar-refractivity contribution in [3.05, 3.63) is 143 Å². The summed E-state index contributed by atoms with van der Waals surface area (Å²) in [5.74, 6) is -0.319. The predicted molar refractivity (Wildman–Crippen MR) is 148 cm³/mol. The van der Waals surface area contributed by atoms with Crippen LogP contribution >= 0.6 is 0 Å². The molecule has 0 bridgehead atoms. The van der Waals surface area contributed by atoms with Crippen molar-refractivity contribution in [2.24, 2.45) is 4.99 Å². The van der Waals surface area contributed by atoms with Crippen molar-refractivity contribution >= 4 is 22.8 Å². The van der Waals surface area contributed by atoms with Crippen LogP contribution in [0.15, 0.2) is 114 Å². The number of benzene rings is 4. The van der Waals surface area contributed by atoms with E-state index in [-0.39, 0.29) is 11.9 Å². The van der Waals surface area contributed by atoms with E-state index in [1.807, 2.05) is 60.7 Å². The number of nitrogens with one attached hydrogen (secondary N) is 1. The maximum absolute atomic E-state index is 14.2. The molecule has 4 aromatic carbocycles. The summed E-state index contributed by atoms with van der Waals surface area (Å²) in [6.45, 7) is 4.16. The third kappa shape index (κ3) is 4.05. The number of carbonyl (C=O) groups is 1. The van der Waals surface area contributed by atoms with Crippen LogP contribution in [0.1, 0.15) is 39.4 Å². The highest BCUT2D eigenvalue weighted by molar-refractivity contribution is 6.09. The van der Waals surface area contributed by atoms with Crippen LogP contribution in [0, 0.1) is 13.8 Å². The van der Waals surface area contributed by atoms with Gasteiger partial charge in [0.05, 0.1) is 0 Å². The number of aryl methyl sites for hydroxylation is 2. The monoisotopic (exact) mass is 484 g/mol. The van der Waals surface area contributed by atoms with E-state index in [0.29, 0.717) is 12.3 Å². The Morgan fingerprint density at radius 3 is 2.30 bits per heavy atom. The number of nitrogens with zero attached hydrogens (tertiary/aromatic N) is 1. The van der Waals surface area contributed by atoms with E-state index in [1.165, 1.54) is 0 Å². The molecule has 182 valence electrons. The number of cyclic esters (lactones) is 1. The summed E-state index contributed by atoms with van der Waals surface area (Å²) in [5.41, 5.74) is 5.96. The highest BCUT2D eigenvalue weighted by Gasteiger charge is 2.54. The molecular weight excluding hydrogens is 456 g/mol. The number of aliphatic imine (C=N–C) groups is 1. The quantitative estimate of drug-likeness (QED) is 0.267. The molecule has 37 heavy (non-hydrogen) atoms. The Labute approximate surface area is 216 Å². The Hall–Kier alpha value is -4.44. The number of rotatable bonds is 6. The number of hydrogen-bond donors (Lipinski definition) is 1. The Morgan fingerprint density at radius 1 is 0.838 bits per heavy atom. The van der Waals surface area contributed by atoms with Gasteiger partial charge >= 0.3 is 5.97 Å². The first kappa shape index (κ1) is 23.0. The number of hydrogen-bond acceptors (Lipinski definition) is 3. The molecule has 0 fully saturated rings. The summed E-state index contributed by atoms with van der Waals surface area (Å²) < 4.78 is 6.02. The number of H-pyrrole nitrogens is 1. The molecule has 4 nitrogen and oxygen atoms in total. The average molecular weight is 485 g/mol. The molecule has 5 aromatic rings. The van der Waals surface area contributed by atoms with Gasteiger partial charge in [0.25, 0.3) is 0 Å².